The number of hydrogen-bond acceptors (Lipinski definition) is 2. The monoisotopic (exact) mass is 237 g/mol. The molecule has 0 aliphatic carbocycles. The van der Waals surface area contributed by atoms with Crippen LogP contribution < -0.4 is 5.73 Å². The lowest BCUT2D eigenvalue weighted by molar-refractivity contribution is 1.10. The van der Waals surface area contributed by atoms with Gasteiger partial charge in [0, 0.05) is 16.4 Å². The average molecular weight is 238 g/mol. The molecule has 15 heavy (non-hydrogen) atoms. The van der Waals surface area contributed by atoms with Crippen LogP contribution in [0.2, 0.25) is 5.02 Å². The van der Waals surface area contributed by atoms with Crippen LogP contribution in [0.3, 0.4) is 0 Å². The van der Waals surface area contributed by atoms with Gasteiger partial charge < -0.3 is 5.73 Å². The molecule has 0 aliphatic heterocycles. The van der Waals surface area contributed by atoms with Crippen LogP contribution in [0.4, 0.5) is 0 Å². The molecule has 0 spiro atoms. The largest absolute Gasteiger partial charge is 0.326 e. The first kappa shape index (κ1) is 10.7. The van der Waals surface area contributed by atoms with E-state index < -0.39 is 0 Å². The molecule has 0 saturated carbocycles. The molecule has 0 unspecified atom stereocenters. The van der Waals surface area contributed by atoms with Crippen LogP contribution in [0.5, 0.6) is 0 Å². The minimum Gasteiger partial charge on any atom is -0.326 e. The molecular formula is C12H12ClNS. The zero-order chi connectivity index (χ0) is 10.7. The van der Waals surface area contributed by atoms with Gasteiger partial charge in [0.05, 0.1) is 0 Å². The summed E-state index contributed by atoms with van der Waals surface area (Å²) in [5.41, 5.74) is 8.17. The molecular weight excluding hydrogens is 226 g/mol. The second-order valence-electron chi connectivity index (χ2n) is 3.43. The third-order valence-electron chi connectivity index (χ3n) is 2.23. The Labute approximate surface area is 98.5 Å². The quantitative estimate of drug-likeness (QED) is 0.870. The summed E-state index contributed by atoms with van der Waals surface area (Å²) in [6.07, 6.45) is 0.952. The minimum absolute atomic E-state index is 0.630. The fourth-order valence-corrected chi connectivity index (χ4v) is 2.36. The Hall–Kier alpha value is -0.830. The first-order chi connectivity index (χ1) is 7.28. The van der Waals surface area contributed by atoms with Crippen molar-refractivity contribution in [1.82, 2.24) is 0 Å². The van der Waals surface area contributed by atoms with Crippen molar-refractivity contribution in [3.8, 4) is 0 Å². The number of thiophene rings is 1. The maximum absolute atomic E-state index is 5.83. The Morgan fingerprint density at radius 1 is 1.13 bits per heavy atom. The summed E-state index contributed by atoms with van der Waals surface area (Å²) in [4.78, 5) is 1.24. The fourth-order valence-electron chi connectivity index (χ4n) is 1.46. The van der Waals surface area contributed by atoms with Crippen LogP contribution >= 0.6 is 22.9 Å². The Kier molecular flexibility index (Phi) is 3.41. The van der Waals surface area contributed by atoms with E-state index in [1.165, 1.54) is 16.0 Å². The average Bonchev–Trinajstić information content (AvgIpc) is 2.69. The van der Waals surface area contributed by atoms with Gasteiger partial charge in [0.25, 0.3) is 0 Å². The summed E-state index contributed by atoms with van der Waals surface area (Å²) in [7, 11) is 0. The number of rotatable bonds is 3. The SMILES string of the molecule is NCc1cc(Cc2ccc(Cl)cc2)cs1. The van der Waals surface area contributed by atoms with Crippen LogP contribution in [0, 0.1) is 0 Å². The molecule has 1 aromatic heterocycles. The number of halogens is 1. The highest BCUT2D eigenvalue weighted by Gasteiger charge is 2.00. The molecule has 0 saturated heterocycles. The van der Waals surface area contributed by atoms with E-state index in [0.717, 1.165) is 11.4 Å². The number of hydrogen-bond donors (Lipinski definition) is 1. The van der Waals surface area contributed by atoms with Crippen molar-refractivity contribution < 1.29 is 0 Å². The van der Waals surface area contributed by atoms with Gasteiger partial charge in [-0.15, -0.1) is 11.3 Å². The second-order valence-corrected chi connectivity index (χ2v) is 4.86. The molecule has 0 fully saturated rings. The van der Waals surface area contributed by atoms with Gasteiger partial charge in [-0.3, -0.25) is 0 Å². The molecule has 2 aromatic rings. The van der Waals surface area contributed by atoms with E-state index in [0.29, 0.717) is 6.54 Å². The lowest BCUT2D eigenvalue weighted by Crippen LogP contribution is -1.92. The van der Waals surface area contributed by atoms with Gasteiger partial charge in [-0.05, 0) is 41.1 Å². The van der Waals surface area contributed by atoms with Gasteiger partial charge in [-0.1, -0.05) is 23.7 Å². The van der Waals surface area contributed by atoms with Crippen molar-refractivity contribution in [3.05, 3.63) is 56.7 Å². The van der Waals surface area contributed by atoms with E-state index in [1.54, 1.807) is 11.3 Å². The van der Waals surface area contributed by atoms with Gasteiger partial charge in [0.15, 0.2) is 0 Å². The summed E-state index contributed by atoms with van der Waals surface area (Å²) >= 11 is 7.55. The van der Waals surface area contributed by atoms with E-state index in [9.17, 15) is 0 Å². The Morgan fingerprint density at radius 2 is 1.87 bits per heavy atom. The van der Waals surface area contributed by atoms with Crippen LogP contribution in [-0.2, 0) is 13.0 Å². The molecule has 2 N–H and O–H groups in total. The van der Waals surface area contributed by atoms with Crippen LogP contribution in [0.15, 0.2) is 35.7 Å². The molecule has 1 heterocycles. The summed E-state index contributed by atoms with van der Waals surface area (Å²) in [5, 5.41) is 2.95. The predicted octanol–water partition coefficient (Wildman–Crippen LogP) is 3.45. The van der Waals surface area contributed by atoms with Crippen LogP contribution in [0.1, 0.15) is 16.0 Å². The highest BCUT2D eigenvalue weighted by Crippen LogP contribution is 2.18. The zero-order valence-electron chi connectivity index (χ0n) is 8.24. The maximum Gasteiger partial charge on any atom is 0.0406 e. The fraction of sp³-hybridized carbons (Fsp3) is 0.167. The molecule has 0 atom stereocenters. The number of benzene rings is 1. The van der Waals surface area contributed by atoms with E-state index >= 15 is 0 Å². The van der Waals surface area contributed by atoms with Gasteiger partial charge in [-0.2, -0.15) is 0 Å². The van der Waals surface area contributed by atoms with Gasteiger partial charge >= 0.3 is 0 Å². The standard InChI is InChI=1S/C12H12ClNS/c13-11-3-1-9(2-4-11)5-10-6-12(7-14)15-8-10/h1-4,6,8H,5,7,14H2. The second kappa shape index (κ2) is 4.79. The van der Waals surface area contributed by atoms with Crippen LogP contribution in [0.25, 0.3) is 0 Å². The molecule has 0 amide bonds. The predicted molar refractivity (Wildman–Crippen MR) is 66.5 cm³/mol. The summed E-state index contributed by atoms with van der Waals surface area (Å²) in [6, 6.07) is 10.1. The summed E-state index contributed by atoms with van der Waals surface area (Å²) in [5.74, 6) is 0. The smallest absolute Gasteiger partial charge is 0.0406 e. The highest BCUT2D eigenvalue weighted by atomic mass is 35.5. The van der Waals surface area contributed by atoms with Crippen molar-refractivity contribution in [2.45, 2.75) is 13.0 Å². The molecule has 2 rings (SSSR count). The lowest BCUT2D eigenvalue weighted by atomic mass is 10.1. The van der Waals surface area contributed by atoms with E-state index in [-0.39, 0.29) is 0 Å². The summed E-state index contributed by atoms with van der Waals surface area (Å²) in [6.45, 7) is 0.630. The maximum atomic E-state index is 5.83. The van der Waals surface area contributed by atoms with Crippen molar-refractivity contribution in [2.75, 3.05) is 0 Å². The summed E-state index contributed by atoms with van der Waals surface area (Å²) < 4.78 is 0. The third kappa shape index (κ3) is 2.81. The Morgan fingerprint density at radius 3 is 2.47 bits per heavy atom. The normalized spacial score (nSPS) is 10.5. The topological polar surface area (TPSA) is 26.0 Å². The van der Waals surface area contributed by atoms with Gasteiger partial charge in [0.2, 0.25) is 0 Å². The van der Waals surface area contributed by atoms with Crippen molar-refractivity contribution in [1.29, 1.82) is 0 Å². The molecule has 3 heteroatoms. The molecule has 0 bridgehead atoms. The minimum atomic E-state index is 0.630. The molecule has 1 nitrogen and oxygen atoms in total. The Bertz CT molecular complexity index is 433. The highest BCUT2D eigenvalue weighted by molar-refractivity contribution is 7.10. The first-order valence-corrected chi connectivity index (χ1v) is 6.04. The molecule has 0 radical (unpaired) electrons. The third-order valence-corrected chi connectivity index (χ3v) is 3.49. The van der Waals surface area contributed by atoms with E-state index in [2.05, 4.69) is 23.6 Å². The molecule has 78 valence electrons. The van der Waals surface area contributed by atoms with E-state index in [4.69, 9.17) is 17.3 Å². The van der Waals surface area contributed by atoms with Gasteiger partial charge in [-0.25, -0.2) is 0 Å². The lowest BCUT2D eigenvalue weighted by Gasteiger charge is -1.98. The molecule has 0 aliphatic rings. The van der Waals surface area contributed by atoms with E-state index in [1.807, 2.05) is 12.1 Å². The first-order valence-electron chi connectivity index (χ1n) is 4.79. The van der Waals surface area contributed by atoms with Gasteiger partial charge in [0.1, 0.15) is 0 Å². The van der Waals surface area contributed by atoms with Crippen molar-refractivity contribution >= 4 is 22.9 Å². The zero-order valence-corrected chi connectivity index (χ0v) is 9.81. The number of nitrogens with two attached hydrogens (primary N) is 1. The Balaban J connectivity index is 2.11. The van der Waals surface area contributed by atoms with Crippen LogP contribution in [-0.4, -0.2) is 0 Å². The van der Waals surface area contributed by atoms with Crippen molar-refractivity contribution in [3.63, 3.8) is 0 Å². The molecule has 1 aromatic carbocycles. The van der Waals surface area contributed by atoms with Crippen molar-refractivity contribution in [2.24, 2.45) is 5.73 Å².